The van der Waals surface area contributed by atoms with Gasteiger partial charge in [0, 0.05) is 13.2 Å². The minimum absolute atomic E-state index is 0.242. The van der Waals surface area contributed by atoms with E-state index in [4.69, 9.17) is 9.47 Å². The molecule has 1 aliphatic carbocycles. The lowest BCUT2D eigenvalue weighted by molar-refractivity contribution is 0.0535. The van der Waals surface area contributed by atoms with E-state index in [9.17, 15) is 0 Å². The normalized spacial score (nSPS) is 24.8. The van der Waals surface area contributed by atoms with Gasteiger partial charge in [0.1, 0.15) is 11.9 Å². The van der Waals surface area contributed by atoms with E-state index in [1.54, 1.807) is 7.11 Å². The zero-order chi connectivity index (χ0) is 15.3. The van der Waals surface area contributed by atoms with Crippen LogP contribution in [0.3, 0.4) is 0 Å². The number of hydrogen-bond acceptors (Lipinski definition) is 3. The fraction of sp³-hybridized carbons (Fsp3) is 0.667. The molecule has 0 aliphatic heterocycles. The third kappa shape index (κ3) is 4.72. The van der Waals surface area contributed by atoms with Crippen molar-refractivity contribution in [3.05, 3.63) is 29.8 Å². The summed E-state index contributed by atoms with van der Waals surface area (Å²) >= 11 is 0. The van der Waals surface area contributed by atoms with Crippen LogP contribution in [0, 0.1) is 5.41 Å². The lowest BCUT2D eigenvalue weighted by Crippen LogP contribution is -2.49. The average Bonchev–Trinajstić information content (AvgIpc) is 2.42. The summed E-state index contributed by atoms with van der Waals surface area (Å²) < 4.78 is 11.5. The van der Waals surface area contributed by atoms with Crippen molar-refractivity contribution in [1.29, 1.82) is 0 Å². The van der Waals surface area contributed by atoms with Crippen LogP contribution in [0.1, 0.15) is 45.6 Å². The van der Waals surface area contributed by atoms with Crippen LogP contribution in [0.5, 0.6) is 5.75 Å². The van der Waals surface area contributed by atoms with Gasteiger partial charge in [-0.2, -0.15) is 0 Å². The van der Waals surface area contributed by atoms with Crippen LogP contribution in [0.25, 0.3) is 0 Å². The maximum absolute atomic E-state index is 6.33. The van der Waals surface area contributed by atoms with Gasteiger partial charge in [-0.15, -0.1) is 0 Å². The van der Waals surface area contributed by atoms with Crippen molar-refractivity contribution in [2.24, 2.45) is 5.41 Å². The van der Waals surface area contributed by atoms with Crippen LogP contribution in [-0.2, 0) is 11.3 Å². The van der Waals surface area contributed by atoms with Crippen LogP contribution >= 0.6 is 0 Å². The van der Waals surface area contributed by atoms with Gasteiger partial charge in [0.2, 0.25) is 0 Å². The Morgan fingerprint density at radius 3 is 2.86 bits per heavy atom. The molecule has 2 rings (SSSR count). The highest BCUT2D eigenvalue weighted by atomic mass is 16.5. The lowest BCUT2D eigenvalue weighted by atomic mass is 9.74. The van der Waals surface area contributed by atoms with Crippen LogP contribution in [0.2, 0.25) is 0 Å². The number of methoxy groups -OCH3 is 1. The summed E-state index contributed by atoms with van der Waals surface area (Å²) in [5.41, 5.74) is 1.52. The maximum atomic E-state index is 6.33. The Labute approximate surface area is 129 Å². The van der Waals surface area contributed by atoms with Crippen molar-refractivity contribution in [3.63, 3.8) is 0 Å². The van der Waals surface area contributed by atoms with Gasteiger partial charge in [0.15, 0.2) is 0 Å². The van der Waals surface area contributed by atoms with Crippen LogP contribution in [-0.4, -0.2) is 25.8 Å². The third-order valence-corrected chi connectivity index (χ3v) is 4.30. The second kappa shape index (κ2) is 7.28. The van der Waals surface area contributed by atoms with E-state index in [1.807, 2.05) is 12.1 Å². The van der Waals surface area contributed by atoms with E-state index < -0.39 is 0 Å². The van der Waals surface area contributed by atoms with Gasteiger partial charge in [-0.1, -0.05) is 32.9 Å². The molecule has 2 atom stereocenters. The highest BCUT2D eigenvalue weighted by Crippen LogP contribution is 2.37. The van der Waals surface area contributed by atoms with Gasteiger partial charge in [-0.05, 0) is 48.9 Å². The number of ether oxygens (including phenoxy) is 2. The number of nitrogens with one attached hydrogen (secondary N) is 1. The van der Waals surface area contributed by atoms with Gasteiger partial charge in [0.05, 0.1) is 6.61 Å². The monoisotopic (exact) mass is 291 g/mol. The van der Waals surface area contributed by atoms with Gasteiger partial charge >= 0.3 is 0 Å². The highest BCUT2D eigenvalue weighted by Gasteiger charge is 2.35. The van der Waals surface area contributed by atoms with E-state index in [-0.39, 0.29) is 6.10 Å². The molecule has 1 N–H and O–H groups in total. The lowest BCUT2D eigenvalue weighted by Gasteiger charge is -2.41. The minimum atomic E-state index is 0.242. The molecular weight excluding hydrogens is 262 g/mol. The predicted octanol–water partition coefficient (Wildman–Crippen LogP) is 3.77. The Morgan fingerprint density at radius 1 is 1.33 bits per heavy atom. The first kappa shape index (κ1) is 16.3. The summed E-state index contributed by atoms with van der Waals surface area (Å²) in [6.07, 6.45) is 3.78. The molecule has 0 spiro atoms. The molecule has 0 heterocycles. The summed E-state index contributed by atoms with van der Waals surface area (Å²) in [4.78, 5) is 0. The molecule has 0 amide bonds. The molecule has 1 saturated carbocycles. The van der Waals surface area contributed by atoms with Crippen molar-refractivity contribution in [2.75, 3.05) is 13.7 Å². The number of rotatable bonds is 6. The Morgan fingerprint density at radius 2 is 2.14 bits per heavy atom. The summed E-state index contributed by atoms with van der Waals surface area (Å²) in [5.74, 6) is 0.954. The largest absolute Gasteiger partial charge is 0.489 e. The molecule has 118 valence electrons. The molecule has 1 aliphatic rings. The SMILES string of the molecule is CCNC1CCC(C)(C)CC1Oc1cccc(COC)c1. The van der Waals surface area contributed by atoms with Gasteiger partial charge in [-0.25, -0.2) is 0 Å². The van der Waals surface area contributed by atoms with E-state index in [2.05, 4.69) is 38.2 Å². The summed E-state index contributed by atoms with van der Waals surface area (Å²) in [6, 6.07) is 8.70. The molecule has 3 heteroatoms. The summed E-state index contributed by atoms with van der Waals surface area (Å²) in [7, 11) is 1.72. The van der Waals surface area contributed by atoms with E-state index >= 15 is 0 Å². The fourth-order valence-electron chi connectivity index (χ4n) is 3.19. The molecule has 1 aromatic rings. The van der Waals surface area contributed by atoms with Crippen molar-refractivity contribution in [2.45, 2.75) is 58.8 Å². The zero-order valence-corrected chi connectivity index (χ0v) is 13.8. The number of benzene rings is 1. The molecule has 0 aromatic heterocycles. The zero-order valence-electron chi connectivity index (χ0n) is 13.8. The molecule has 21 heavy (non-hydrogen) atoms. The Hall–Kier alpha value is -1.06. The molecule has 1 aromatic carbocycles. The molecule has 1 fully saturated rings. The maximum Gasteiger partial charge on any atom is 0.120 e. The van der Waals surface area contributed by atoms with E-state index in [1.165, 1.54) is 12.8 Å². The van der Waals surface area contributed by atoms with Crippen LogP contribution in [0.4, 0.5) is 0 Å². The van der Waals surface area contributed by atoms with Crippen molar-refractivity contribution < 1.29 is 9.47 Å². The van der Waals surface area contributed by atoms with Crippen molar-refractivity contribution >= 4 is 0 Å². The predicted molar refractivity (Wildman–Crippen MR) is 86.7 cm³/mol. The molecule has 0 bridgehead atoms. The smallest absolute Gasteiger partial charge is 0.120 e. The van der Waals surface area contributed by atoms with E-state index in [0.717, 1.165) is 24.3 Å². The van der Waals surface area contributed by atoms with E-state index in [0.29, 0.717) is 18.1 Å². The van der Waals surface area contributed by atoms with Gasteiger partial charge in [-0.3, -0.25) is 0 Å². The second-order valence-corrected chi connectivity index (χ2v) is 6.81. The molecule has 2 unspecified atom stereocenters. The second-order valence-electron chi connectivity index (χ2n) is 6.81. The topological polar surface area (TPSA) is 30.5 Å². The van der Waals surface area contributed by atoms with Crippen LogP contribution < -0.4 is 10.1 Å². The van der Waals surface area contributed by atoms with Crippen molar-refractivity contribution in [3.8, 4) is 5.75 Å². The molecule has 0 saturated heterocycles. The molecular formula is C18H29NO2. The first-order valence-electron chi connectivity index (χ1n) is 8.02. The molecule has 0 radical (unpaired) electrons. The van der Waals surface area contributed by atoms with Crippen molar-refractivity contribution in [1.82, 2.24) is 5.32 Å². The number of likely N-dealkylation sites (N-methyl/N-ethyl adjacent to an activating group) is 1. The van der Waals surface area contributed by atoms with Gasteiger partial charge < -0.3 is 14.8 Å². The summed E-state index contributed by atoms with van der Waals surface area (Å²) in [5, 5.41) is 3.58. The Kier molecular flexibility index (Phi) is 5.65. The van der Waals surface area contributed by atoms with Gasteiger partial charge in [0.25, 0.3) is 0 Å². The Bertz CT molecular complexity index is 445. The van der Waals surface area contributed by atoms with Crippen LogP contribution in [0.15, 0.2) is 24.3 Å². The fourth-order valence-corrected chi connectivity index (χ4v) is 3.19. The quantitative estimate of drug-likeness (QED) is 0.865. The number of hydrogen-bond donors (Lipinski definition) is 1. The minimum Gasteiger partial charge on any atom is -0.489 e. The highest BCUT2D eigenvalue weighted by molar-refractivity contribution is 5.28. The standard InChI is InChI=1S/C18H29NO2/c1-5-19-16-9-10-18(2,3)12-17(16)21-15-8-6-7-14(11-15)13-20-4/h6-8,11,16-17,19H,5,9-10,12-13H2,1-4H3. The first-order chi connectivity index (χ1) is 10.0. The summed E-state index contributed by atoms with van der Waals surface area (Å²) in [6.45, 7) is 8.47. The Balaban J connectivity index is 2.08. The molecule has 3 nitrogen and oxygen atoms in total. The first-order valence-corrected chi connectivity index (χ1v) is 8.02. The average molecular weight is 291 g/mol. The third-order valence-electron chi connectivity index (χ3n) is 4.30.